The van der Waals surface area contributed by atoms with Crippen LogP contribution in [0, 0.1) is 4.84 Å². The first-order valence-corrected chi connectivity index (χ1v) is 29.5. The number of aromatic nitrogens is 7. The average Bonchev–Trinajstić information content (AvgIpc) is 4.28. The van der Waals surface area contributed by atoms with Crippen molar-refractivity contribution >= 4 is 188 Å². The number of rotatable bonds is 8. The Balaban J connectivity index is 0. The quantitative estimate of drug-likeness (QED) is 0.0260. The Hall–Kier alpha value is -3.94. The number of nitrogens with two attached hydrogens (primary N) is 2. The van der Waals surface area contributed by atoms with E-state index in [-0.39, 0.29) is 91.1 Å². The minimum absolute atomic E-state index is 0. The maximum Gasteiger partial charge on any atom is 1.00 e. The van der Waals surface area contributed by atoms with Gasteiger partial charge >= 0.3 is 69.3 Å². The molecule has 23 nitrogen and oxygen atoms in total. The van der Waals surface area contributed by atoms with E-state index >= 15 is 0 Å². The second-order valence-corrected chi connectivity index (χ2v) is 27.0. The number of halogens is 5. The van der Waals surface area contributed by atoms with Crippen LogP contribution in [0.1, 0.15) is 61.0 Å². The average molecular weight is 1420 g/mol. The third-order valence-electron chi connectivity index (χ3n) is 9.85. The number of carbonyl (C=O) groups is 3. The van der Waals surface area contributed by atoms with Crippen LogP contribution in [-0.2, 0) is 49.1 Å². The van der Waals surface area contributed by atoms with Crippen molar-refractivity contribution in [2.24, 2.45) is 15.7 Å². The summed E-state index contributed by atoms with van der Waals surface area (Å²) >= 11 is 25.8. The Bertz CT molecular complexity index is 3420. The van der Waals surface area contributed by atoms with E-state index < -0.39 is 66.7 Å². The number of pyridine rings is 5. The molecule has 0 aliphatic carbocycles. The third kappa shape index (κ3) is 32.2. The molecule has 3 unspecified atom stereocenters. The summed E-state index contributed by atoms with van der Waals surface area (Å²) in [5.41, 5.74) is 14.5. The molecule has 11 N–H and O–H groups in total. The number of oxazole rings is 2. The van der Waals surface area contributed by atoms with E-state index in [9.17, 15) is 33.2 Å². The maximum absolute atomic E-state index is 11.6. The molecule has 2 aliphatic heterocycles. The fraction of sp³-hybridized carbons (Fsp3) is 0.327. The number of thiol groups is 1. The largest absolute Gasteiger partial charge is 1.00 e. The fourth-order valence-corrected chi connectivity index (χ4v) is 9.03. The molecular formula is C49H59Cl4FKN11O12S7. The smallest absolute Gasteiger partial charge is 0.480 e. The Morgan fingerprint density at radius 3 is 1.58 bits per heavy atom. The van der Waals surface area contributed by atoms with Gasteiger partial charge in [0.1, 0.15) is 17.1 Å². The number of carboxylic acids is 3. The molecule has 460 valence electrons. The van der Waals surface area contributed by atoms with Crippen molar-refractivity contribution in [2.45, 2.75) is 93.7 Å². The van der Waals surface area contributed by atoms with Gasteiger partial charge in [-0.3, -0.25) is 43.5 Å². The summed E-state index contributed by atoms with van der Waals surface area (Å²) in [7, 11) is 6.36. The van der Waals surface area contributed by atoms with E-state index in [2.05, 4.69) is 104 Å². The number of aromatic amines is 4. The molecule has 0 radical (unpaired) electrons. The van der Waals surface area contributed by atoms with E-state index in [1.165, 1.54) is 47.9 Å². The molecule has 7 aromatic rings. The number of thioether (sulfide) groups is 2. The summed E-state index contributed by atoms with van der Waals surface area (Å²) in [4.78, 5) is 97.6. The molecule has 0 amide bonds. The van der Waals surface area contributed by atoms with Gasteiger partial charge in [0, 0.05) is 139 Å². The van der Waals surface area contributed by atoms with Gasteiger partial charge in [-0.15, -0.1) is 35.9 Å². The Labute approximate surface area is 582 Å². The maximum atomic E-state index is 11.6. The van der Waals surface area contributed by atoms with Gasteiger partial charge in [0.2, 0.25) is 14.7 Å². The van der Waals surface area contributed by atoms with Crippen molar-refractivity contribution in [3.8, 4) is 0 Å². The number of carboxylic acid groups (broad SMARTS) is 3. The van der Waals surface area contributed by atoms with Gasteiger partial charge in [0.05, 0.1) is 36.7 Å². The van der Waals surface area contributed by atoms with Crippen LogP contribution >= 0.6 is 106 Å². The second-order valence-electron chi connectivity index (χ2n) is 17.7. The topological polar surface area (TPSA) is 385 Å². The van der Waals surface area contributed by atoms with Gasteiger partial charge in [0.15, 0.2) is 34.1 Å². The first-order valence-electron chi connectivity index (χ1n) is 23.8. The number of hydrogen-bond acceptors (Lipinski definition) is 22. The monoisotopic (exact) mass is 1420 g/mol. The van der Waals surface area contributed by atoms with Crippen LogP contribution in [0.25, 0.3) is 22.2 Å². The SMILES string of the molecule is CC(=S)[S-].CC(C)(S)C(N)C(=O)O.CC1(C)SC(Cc2c[nH]ccc2=O)=NC1C(=O)O.CC1(C)SC(Cc2c[nH]ccc2=O)=NC1C(=O)O.Cl.Clc1nc2cnccc2o1.Nc1c[nH]ccc1=O.O=S(Cl)Cl.S=c1[nH]c2cnccc2o1.[2H]CF.[K+]. The summed E-state index contributed by atoms with van der Waals surface area (Å²) in [6, 6.07) is 5.37. The van der Waals surface area contributed by atoms with E-state index in [0.717, 1.165) is 11.1 Å². The number of fused-ring (bicyclic) bond motifs is 2. The van der Waals surface area contributed by atoms with E-state index in [0.29, 0.717) is 54.2 Å². The minimum atomic E-state index is -1.67. The number of hydrogen-bond donors (Lipinski definition) is 10. The first-order chi connectivity index (χ1) is 39.1. The first kappa shape index (κ1) is 81.1. The molecule has 36 heteroatoms. The number of alkyl halides is 1. The van der Waals surface area contributed by atoms with Crippen molar-refractivity contribution in [3.63, 3.8) is 0 Å². The number of nitrogens with one attached hydrogen (secondary N) is 4. The molecule has 9 heterocycles. The molecule has 0 fully saturated rings. The number of H-pyrrole nitrogens is 4. The zero-order valence-electron chi connectivity index (χ0n) is 47.2. The number of thiocarbonyl (C=S) groups is 1. The number of aliphatic imine (C=N–C) groups is 2. The zero-order chi connectivity index (χ0) is 64.1. The predicted octanol–water partition coefficient (Wildman–Crippen LogP) is 6.35. The number of nitrogen functional groups attached to an aromatic ring is 1. The summed E-state index contributed by atoms with van der Waals surface area (Å²) in [5.74, 6) is -2.87. The summed E-state index contributed by atoms with van der Waals surface area (Å²) < 4.78 is 33.7. The van der Waals surface area contributed by atoms with Gasteiger partial charge in [-0.1, -0.05) is 6.92 Å². The molecule has 7 aromatic heterocycles. The summed E-state index contributed by atoms with van der Waals surface area (Å²) in [6.07, 6.45) is 16.7. The molecule has 2 aliphatic rings. The second kappa shape index (κ2) is 41.3. The number of anilines is 1. The van der Waals surface area contributed by atoms with E-state index in [1.807, 2.05) is 27.7 Å². The van der Waals surface area contributed by atoms with Crippen molar-refractivity contribution in [1.29, 1.82) is 0 Å². The van der Waals surface area contributed by atoms with Gasteiger partial charge in [-0.05, 0) is 65.4 Å². The van der Waals surface area contributed by atoms with Crippen LogP contribution in [0.4, 0.5) is 10.1 Å². The summed E-state index contributed by atoms with van der Waals surface area (Å²) in [5, 5.41) is 28.1. The number of aliphatic carboxylic acids is 3. The molecule has 3 atom stereocenters. The fourth-order valence-electron chi connectivity index (χ4n) is 6.03. The molecule has 85 heavy (non-hydrogen) atoms. The van der Waals surface area contributed by atoms with Crippen LogP contribution < -0.4 is 79.1 Å². The van der Waals surface area contributed by atoms with Gasteiger partial charge in [-0.2, -0.15) is 21.8 Å². The standard InChI is InChI=1S/2C12H14N2O3S.C6H3ClN2O.C6H4N2OS.C5H6N2O.C5H11NO2S.C2H4S2.CH3F.Cl2OS.ClH.K/c2*1-12(2)10(11(16)17)14-9(18-12)5-7-6-13-4-3-8(7)15;7-6-9-4-3-8-2-1-5(4)10-6;10-6-8-4-3-7-2-1-5(4)9-6;6-4-3-7-2-1-5(4)8;1-5(2,9)3(6)4(7)8;1-2(3)4;1-2;1-4(2)3;;/h2*3-4,6,10H,5H2,1-2H3,(H,13,15)(H,16,17);1-3H;1-3H,(H,8,10);1-3H,6H2,(H,7,8);3,9H,6H2,1-2H3,(H,7,8);1H3,(H,3,4);1H3;;1H;/q;;;;;;;;;;+1/p-1/i;;;;;;;1D;;;. The molecule has 0 saturated carbocycles. The van der Waals surface area contributed by atoms with Crippen LogP contribution in [0.5, 0.6) is 0 Å². The van der Waals surface area contributed by atoms with E-state index in [4.69, 9.17) is 65.0 Å². The van der Waals surface area contributed by atoms with Crippen molar-refractivity contribution < 1.29 is 99.9 Å². The van der Waals surface area contributed by atoms with Crippen molar-refractivity contribution in [1.82, 2.24) is 34.9 Å². The predicted molar refractivity (Wildman–Crippen MR) is 349 cm³/mol. The third-order valence-corrected chi connectivity index (χ3v) is 12.9. The zero-order valence-corrected chi connectivity index (χ0v) is 58.2. The molecular weight excluding hydrogens is 1360 g/mol. The molecule has 0 spiro atoms. The van der Waals surface area contributed by atoms with Crippen molar-refractivity contribution in [3.05, 3.63) is 144 Å². The van der Waals surface area contributed by atoms with Crippen molar-refractivity contribution in [2.75, 3.05) is 12.9 Å². The van der Waals surface area contributed by atoms with Crippen LogP contribution in [-0.4, -0.2) is 126 Å². The Morgan fingerprint density at radius 2 is 1.26 bits per heavy atom. The molecule has 9 rings (SSSR count). The van der Waals surface area contributed by atoms with Crippen LogP contribution in [0.15, 0.2) is 126 Å². The Kier molecular flexibility index (Phi) is 39.4. The van der Waals surface area contributed by atoms with Crippen LogP contribution in [0.3, 0.4) is 0 Å². The molecule has 0 aromatic carbocycles. The van der Waals surface area contributed by atoms with E-state index in [1.54, 1.807) is 88.7 Å². The Morgan fingerprint density at radius 1 is 0.859 bits per heavy atom. The van der Waals surface area contributed by atoms with Gasteiger partial charge in [0.25, 0.3) is 10.2 Å². The number of nitrogens with zero attached hydrogens (tertiary/aromatic N) is 5. The molecule has 0 saturated heterocycles. The van der Waals surface area contributed by atoms with Crippen LogP contribution in [0.2, 0.25) is 5.35 Å². The molecule has 0 bridgehead atoms. The summed E-state index contributed by atoms with van der Waals surface area (Å²) in [6.45, 7) is 12.4. The minimum Gasteiger partial charge on any atom is -0.480 e. The van der Waals surface area contributed by atoms with Gasteiger partial charge < -0.3 is 80.4 Å². The normalized spacial score (nSPS) is 15.0. The van der Waals surface area contributed by atoms with Gasteiger partial charge in [-0.25, -0.2) is 13.8 Å².